The van der Waals surface area contributed by atoms with Gasteiger partial charge in [0.2, 0.25) is 0 Å². The van der Waals surface area contributed by atoms with Gasteiger partial charge in [-0.25, -0.2) is 0 Å². The van der Waals surface area contributed by atoms with E-state index in [1.165, 1.54) is 12.8 Å². The Morgan fingerprint density at radius 1 is 1.23 bits per heavy atom. The minimum Gasteiger partial charge on any atom is -0.455 e. The third kappa shape index (κ3) is 3.77. The molecule has 4 nitrogen and oxygen atoms in total. The van der Waals surface area contributed by atoms with Gasteiger partial charge in [-0.3, -0.25) is 0 Å². The van der Waals surface area contributed by atoms with E-state index in [4.69, 9.17) is 9.15 Å². The highest BCUT2D eigenvalue weighted by Crippen LogP contribution is 2.23. The fraction of sp³-hybridized carbons (Fsp3) is 0.444. The Labute approximate surface area is 131 Å². The van der Waals surface area contributed by atoms with Crippen LogP contribution in [0.25, 0.3) is 11.3 Å². The second kappa shape index (κ2) is 7.09. The van der Waals surface area contributed by atoms with Crippen LogP contribution < -0.4 is 5.32 Å². The third-order valence-electron chi connectivity index (χ3n) is 4.14. The highest BCUT2D eigenvalue weighted by Gasteiger charge is 2.17. The van der Waals surface area contributed by atoms with E-state index < -0.39 is 6.10 Å². The predicted molar refractivity (Wildman–Crippen MR) is 84.2 cm³/mol. The van der Waals surface area contributed by atoms with Gasteiger partial charge < -0.3 is 19.6 Å². The highest BCUT2D eigenvalue weighted by molar-refractivity contribution is 5.58. The number of quaternary nitrogens is 1. The summed E-state index contributed by atoms with van der Waals surface area (Å²) in [4.78, 5) is 0. The van der Waals surface area contributed by atoms with Crippen molar-refractivity contribution >= 4 is 0 Å². The lowest BCUT2D eigenvalue weighted by atomic mass is 10.1. The molecule has 3 N–H and O–H groups in total. The van der Waals surface area contributed by atoms with E-state index in [1.807, 2.05) is 36.4 Å². The van der Waals surface area contributed by atoms with E-state index in [0.29, 0.717) is 6.10 Å². The first kappa shape index (κ1) is 15.3. The summed E-state index contributed by atoms with van der Waals surface area (Å²) in [6.45, 7) is 4.51. The molecule has 0 bridgehead atoms. The van der Waals surface area contributed by atoms with E-state index in [2.05, 4.69) is 5.32 Å². The maximum atomic E-state index is 9.54. The maximum Gasteiger partial charge on any atom is 0.158 e. The molecule has 1 saturated heterocycles. The lowest BCUT2D eigenvalue weighted by Gasteiger charge is -2.06. The van der Waals surface area contributed by atoms with Gasteiger partial charge in [0.15, 0.2) is 5.76 Å². The minimum absolute atomic E-state index is 0.405. The van der Waals surface area contributed by atoms with Crippen LogP contribution in [0, 0.1) is 0 Å². The van der Waals surface area contributed by atoms with Gasteiger partial charge >= 0.3 is 0 Å². The lowest BCUT2D eigenvalue weighted by molar-refractivity contribution is -0.677. The molecule has 1 aliphatic rings. The van der Waals surface area contributed by atoms with Crippen LogP contribution >= 0.6 is 0 Å². The fourth-order valence-corrected chi connectivity index (χ4v) is 2.81. The van der Waals surface area contributed by atoms with Crippen LogP contribution in [0.15, 0.2) is 40.8 Å². The van der Waals surface area contributed by atoms with Gasteiger partial charge in [-0.1, -0.05) is 24.3 Å². The Kier molecular flexibility index (Phi) is 4.93. The topological polar surface area (TPSA) is 59.2 Å². The summed E-state index contributed by atoms with van der Waals surface area (Å²) in [7, 11) is 0. The molecule has 3 rings (SSSR count). The zero-order valence-electron chi connectivity index (χ0n) is 13.0. The van der Waals surface area contributed by atoms with E-state index in [1.54, 1.807) is 6.92 Å². The summed E-state index contributed by atoms with van der Waals surface area (Å²) in [5.74, 6) is 1.85. The number of hydrogen-bond acceptors (Lipinski definition) is 3. The number of aliphatic hydroxyl groups is 1. The predicted octanol–water partition coefficient (Wildman–Crippen LogP) is 2.24. The lowest BCUT2D eigenvalue weighted by Crippen LogP contribution is -2.84. The quantitative estimate of drug-likeness (QED) is 0.860. The number of benzene rings is 1. The Bertz CT molecular complexity index is 583. The van der Waals surface area contributed by atoms with Crippen LogP contribution in [0.1, 0.15) is 37.2 Å². The van der Waals surface area contributed by atoms with Crippen molar-refractivity contribution < 1.29 is 19.6 Å². The monoisotopic (exact) mass is 302 g/mol. The molecule has 1 aromatic heterocycles. The van der Waals surface area contributed by atoms with Crippen LogP contribution in [0.5, 0.6) is 0 Å². The van der Waals surface area contributed by atoms with Crippen molar-refractivity contribution in [1.82, 2.24) is 0 Å². The summed E-state index contributed by atoms with van der Waals surface area (Å²) in [6.07, 6.45) is 2.33. The van der Waals surface area contributed by atoms with E-state index in [0.717, 1.165) is 42.3 Å². The Hall–Kier alpha value is -1.62. The molecule has 22 heavy (non-hydrogen) atoms. The average molecular weight is 302 g/mol. The molecular weight excluding hydrogens is 278 g/mol. The number of ether oxygens (including phenoxy) is 1. The van der Waals surface area contributed by atoms with Gasteiger partial charge in [0.05, 0.1) is 6.10 Å². The molecule has 1 fully saturated rings. The standard InChI is InChI=1S/C18H23NO3/c1-13(20)14-4-6-15(7-5-14)18-9-8-17(22-18)12-19-11-16-3-2-10-21-16/h4-9,13,16,19-20H,2-3,10-12H2,1H3/p+1/t13-,16+/m0/s1. The molecule has 2 heterocycles. The van der Waals surface area contributed by atoms with Crippen molar-refractivity contribution in [1.29, 1.82) is 0 Å². The molecule has 0 unspecified atom stereocenters. The van der Waals surface area contributed by atoms with Crippen molar-refractivity contribution in [2.45, 2.75) is 38.5 Å². The van der Waals surface area contributed by atoms with Gasteiger partial charge in [0, 0.05) is 12.2 Å². The minimum atomic E-state index is -0.436. The molecule has 0 radical (unpaired) electrons. The number of furan rings is 1. The molecule has 0 spiro atoms. The van der Waals surface area contributed by atoms with Gasteiger partial charge in [0.25, 0.3) is 0 Å². The van der Waals surface area contributed by atoms with Crippen molar-refractivity contribution in [3.8, 4) is 11.3 Å². The highest BCUT2D eigenvalue weighted by atomic mass is 16.5. The average Bonchev–Trinajstić information content (AvgIpc) is 3.19. The SMILES string of the molecule is C[C@H](O)c1ccc(-c2ccc(C[NH2+]C[C@H]3CCCO3)o2)cc1. The molecule has 2 aromatic rings. The first-order chi connectivity index (χ1) is 10.7. The molecule has 1 aliphatic heterocycles. The van der Waals surface area contributed by atoms with Crippen LogP contribution in [-0.2, 0) is 11.3 Å². The van der Waals surface area contributed by atoms with Gasteiger partial charge in [-0.2, -0.15) is 0 Å². The van der Waals surface area contributed by atoms with Gasteiger partial charge in [0.1, 0.15) is 25.0 Å². The molecule has 4 heteroatoms. The second-order valence-corrected chi connectivity index (χ2v) is 5.93. The normalized spacial score (nSPS) is 19.5. The van der Waals surface area contributed by atoms with Gasteiger partial charge in [-0.05, 0) is 37.5 Å². The Balaban J connectivity index is 1.55. The van der Waals surface area contributed by atoms with E-state index in [-0.39, 0.29) is 0 Å². The van der Waals surface area contributed by atoms with Crippen molar-refractivity contribution in [2.75, 3.05) is 13.2 Å². The van der Waals surface area contributed by atoms with Gasteiger partial charge in [-0.15, -0.1) is 0 Å². The Morgan fingerprint density at radius 2 is 2.05 bits per heavy atom. The molecule has 2 atom stereocenters. The van der Waals surface area contributed by atoms with Crippen LogP contribution in [0.3, 0.4) is 0 Å². The largest absolute Gasteiger partial charge is 0.455 e. The molecule has 1 aromatic carbocycles. The summed E-state index contributed by atoms with van der Waals surface area (Å²) in [6, 6.07) is 11.9. The number of rotatable bonds is 6. The molecule has 0 aliphatic carbocycles. The summed E-state index contributed by atoms with van der Waals surface area (Å²) >= 11 is 0. The first-order valence-electron chi connectivity index (χ1n) is 8.03. The zero-order valence-corrected chi connectivity index (χ0v) is 13.0. The third-order valence-corrected chi connectivity index (χ3v) is 4.14. The fourth-order valence-electron chi connectivity index (χ4n) is 2.81. The van der Waals surface area contributed by atoms with Crippen molar-refractivity contribution in [2.24, 2.45) is 0 Å². The smallest absolute Gasteiger partial charge is 0.158 e. The maximum absolute atomic E-state index is 9.54. The second-order valence-electron chi connectivity index (χ2n) is 5.93. The zero-order chi connectivity index (χ0) is 15.4. The van der Waals surface area contributed by atoms with Crippen molar-refractivity contribution in [3.05, 3.63) is 47.7 Å². The van der Waals surface area contributed by atoms with Crippen LogP contribution in [0.2, 0.25) is 0 Å². The first-order valence-corrected chi connectivity index (χ1v) is 8.03. The summed E-state index contributed by atoms with van der Waals surface area (Å²) in [5, 5.41) is 11.8. The van der Waals surface area contributed by atoms with E-state index in [9.17, 15) is 5.11 Å². The summed E-state index contributed by atoms with van der Waals surface area (Å²) < 4.78 is 11.5. The number of hydrogen-bond donors (Lipinski definition) is 2. The number of aliphatic hydroxyl groups excluding tert-OH is 1. The van der Waals surface area contributed by atoms with Crippen molar-refractivity contribution in [3.63, 3.8) is 0 Å². The summed E-state index contributed by atoms with van der Waals surface area (Å²) in [5.41, 5.74) is 1.95. The molecular formula is C18H24NO3+. The van der Waals surface area contributed by atoms with Crippen LogP contribution in [-0.4, -0.2) is 24.4 Å². The number of nitrogens with two attached hydrogens (primary N) is 1. The molecule has 0 saturated carbocycles. The molecule has 0 amide bonds. The Morgan fingerprint density at radius 3 is 2.73 bits per heavy atom. The van der Waals surface area contributed by atoms with E-state index >= 15 is 0 Å². The van der Waals surface area contributed by atoms with Crippen LogP contribution in [0.4, 0.5) is 0 Å². The molecule has 118 valence electrons.